The molecule has 2 aromatic carbocycles. The van der Waals surface area contributed by atoms with Gasteiger partial charge in [0.25, 0.3) is 5.91 Å². The van der Waals surface area contributed by atoms with Gasteiger partial charge in [0.2, 0.25) is 5.91 Å². The van der Waals surface area contributed by atoms with Crippen molar-refractivity contribution in [2.24, 2.45) is 0 Å². The second-order valence-corrected chi connectivity index (χ2v) is 8.46. The first-order valence-corrected chi connectivity index (χ1v) is 11.6. The number of furan rings is 1. The maximum Gasteiger partial charge on any atom is 0.287 e. The summed E-state index contributed by atoms with van der Waals surface area (Å²) in [6.07, 6.45) is 2.84. The van der Waals surface area contributed by atoms with Crippen LogP contribution in [-0.2, 0) is 17.6 Å². The number of hydrogen-bond donors (Lipinski definition) is 1. The number of piperazine rings is 1. The number of benzene rings is 2. The number of hydrogen-bond acceptors (Lipinski definition) is 5. The Labute approximate surface area is 200 Å². The second-order valence-electron chi connectivity index (χ2n) is 8.46. The summed E-state index contributed by atoms with van der Waals surface area (Å²) in [5.74, 6) is 0.630. The lowest BCUT2D eigenvalue weighted by Gasteiger charge is -2.36. The highest BCUT2D eigenvalue weighted by molar-refractivity contribution is 5.95. The summed E-state index contributed by atoms with van der Waals surface area (Å²) in [6.45, 7) is 3.85. The molecule has 0 radical (unpaired) electrons. The lowest BCUT2D eigenvalue weighted by Crippen LogP contribution is -2.55. The lowest BCUT2D eigenvalue weighted by molar-refractivity contribution is -0.135. The van der Waals surface area contributed by atoms with Gasteiger partial charge in [-0.1, -0.05) is 42.5 Å². The van der Waals surface area contributed by atoms with Crippen LogP contribution in [0.2, 0.25) is 0 Å². The van der Waals surface area contributed by atoms with E-state index in [1.807, 2.05) is 47.4 Å². The number of nitrogens with zero attached hydrogens (tertiary/aromatic N) is 2. The first-order chi connectivity index (χ1) is 16.6. The molecule has 1 saturated heterocycles. The maximum atomic E-state index is 13.4. The van der Waals surface area contributed by atoms with Gasteiger partial charge < -0.3 is 19.4 Å². The molecule has 4 rings (SSSR count). The molecule has 178 valence electrons. The van der Waals surface area contributed by atoms with E-state index in [0.717, 1.165) is 37.4 Å². The zero-order valence-electron chi connectivity index (χ0n) is 19.5. The van der Waals surface area contributed by atoms with Gasteiger partial charge in [-0.3, -0.25) is 14.5 Å². The summed E-state index contributed by atoms with van der Waals surface area (Å²) in [6, 6.07) is 20.5. The highest BCUT2D eigenvalue weighted by Crippen LogP contribution is 2.14. The molecule has 1 aliphatic heterocycles. The molecule has 1 aliphatic rings. The average molecular weight is 462 g/mol. The molecular weight excluding hydrogens is 430 g/mol. The van der Waals surface area contributed by atoms with Gasteiger partial charge in [0.05, 0.1) is 13.4 Å². The fourth-order valence-electron chi connectivity index (χ4n) is 4.18. The molecule has 7 heteroatoms. The molecule has 0 aliphatic carbocycles. The molecule has 0 bridgehead atoms. The van der Waals surface area contributed by atoms with Gasteiger partial charge in [-0.05, 0) is 41.8 Å². The van der Waals surface area contributed by atoms with E-state index in [1.54, 1.807) is 19.2 Å². The molecule has 7 nitrogen and oxygen atoms in total. The van der Waals surface area contributed by atoms with Gasteiger partial charge in [-0.2, -0.15) is 0 Å². The summed E-state index contributed by atoms with van der Waals surface area (Å²) in [5, 5.41) is 2.88. The van der Waals surface area contributed by atoms with E-state index in [4.69, 9.17) is 9.15 Å². The van der Waals surface area contributed by atoms with Gasteiger partial charge in [0.15, 0.2) is 5.76 Å². The highest BCUT2D eigenvalue weighted by atomic mass is 16.5. The molecule has 1 unspecified atom stereocenters. The van der Waals surface area contributed by atoms with Crippen LogP contribution >= 0.6 is 0 Å². The minimum Gasteiger partial charge on any atom is -0.497 e. The monoisotopic (exact) mass is 461 g/mol. The maximum absolute atomic E-state index is 13.4. The van der Waals surface area contributed by atoms with Crippen molar-refractivity contribution in [1.29, 1.82) is 0 Å². The van der Waals surface area contributed by atoms with Crippen LogP contribution in [0.4, 0.5) is 0 Å². The first kappa shape index (κ1) is 23.6. The van der Waals surface area contributed by atoms with Gasteiger partial charge in [-0.25, -0.2) is 0 Å². The Hall–Kier alpha value is -3.58. The fourth-order valence-corrected chi connectivity index (χ4v) is 4.18. The Morgan fingerprint density at radius 2 is 1.68 bits per heavy atom. The van der Waals surface area contributed by atoms with Crippen molar-refractivity contribution in [2.45, 2.75) is 18.9 Å². The lowest BCUT2D eigenvalue weighted by atomic mass is 10.0. The van der Waals surface area contributed by atoms with Crippen LogP contribution in [0.5, 0.6) is 5.75 Å². The molecule has 1 N–H and O–H groups in total. The number of carbonyl (C=O) groups excluding carboxylic acids is 2. The van der Waals surface area contributed by atoms with Crippen molar-refractivity contribution in [1.82, 2.24) is 15.1 Å². The molecule has 1 atom stereocenters. The molecule has 1 fully saturated rings. The van der Waals surface area contributed by atoms with Crippen molar-refractivity contribution in [2.75, 3.05) is 39.8 Å². The number of rotatable bonds is 9. The topological polar surface area (TPSA) is 75.0 Å². The Bertz CT molecular complexity index is 1040. The Morgan fingerprint density at radius 1 is 0.941 bits per heavy atom. The number of ether oxygens (including phenoxy) is 1. The summed E-state index contributed by atoms with van der Waals surface area (Å²) in [5.41, 5.74) is 2.27. The van der Waals surface area contributed by atoms with E-state index in [2.05, 4.69) is 22.3 Å². The number of amides is 2. The zero-order valence-corrected chi connectivity index (χ0v) is 19.5. The van der Waals surface area contributed by atoms with E-state index in [-0.39, 0.29) is 17.6 Å². The summed E-state index contributed by atoms with van der Waals surface area (Å²) in [4.78, 5) is 30.3. The van der Waals surface area contributed by atoms with Crippen molar-refractivity contribution < 1.29 is 18.7 Å². The van der Waals surface area contributed by atoms with E-state index in [9.17, 15) is 9.59 Å². The van der Waals surface area contributed by atoms with Crippen molar-refractivity contribution in [3.8, 4) is 5.75 Å². The van der Waals surface area contributed by atoms with Crippen molar-refractivity contribution in [3.05, 3.63) is 89.9 Å². The number of nitrogens with one attached hydrogen (secondary N) is 1. The Morgan fingerprint density at radius 3 is 2.32 bits per heavy atom. The molecule has 0 saturated carbocycles. The molecule has 2 amide bonds. The molecule has 1 aromatic heterocycles. The zero-order chi connectivity index (χ0) is 23.8. The third kappa shape index (κ3) is 6.26. The molecule has 0 spiro atoms. The van der Waals surface area contributed by atoms with Crippen LogP contribution < -0.4 is 10.1 Å². The van der Waals surface area contributed by atoms with Crippen LogP contribution in [0.15, 0.2) is 77.4 Å². The fraction of sp³-hybridized carbons (Fsp3) is 0.333. The van der Waals surface area contributed by atoms with Crippen molar-refractivity contribution in [3.63, 3.8) is 0 Å². The highest BCUT2D eigenvalue weighted by Gasteiger charge is 2.29. The standard InChI is InChI=1S/C27H31N3O4/c1-33-23-11-9-21(10-12-23)13-14-29-15-17-30(18-16-29)27(32)24(20-22-6-3-2-4-7-22)28-26(31)25-8-5-19-34-25/h2-12,19,24H,13-18,20H2,1H3,(H,28,31). The third-order valence-electron chi connectivity index (χ3n) is 6.19. The van der Waals surface area contributed by atoms with Crippen LogP contribution in [0.25, 0.3) is 0 Å². The Kier molecular flexibility index (Phi) is 7.99. The Balaban J connectivity index is 1.33. The van der Waals surface area contributed by atoms with Gasteiger partial charge in [0.1, 0.15) is 11.8 Å². The second kappa shape index (κ2) is 11.5. The smallest absolute Gasteiger partial charge is 0.287 e. The van der Waals surface area contributed by atoms with Crippen LogP contribution in [-0.4, -0.2) is 67.5 Å². The minimum absolute atomic E-state index is 0.0569. The normalized spacial score (nSPS) is 15.0. The van der Waals surface area contributed by atoms with Crippen LogP contribution in [0.3, 0.4) is 0 Å². The summed E-state index contributed by atoms with van der Waals surface area (Å²) >= 11 is 0. The first-order valence-electron chi connectivity index (χ1n) is 11.6. The summed E-state index contributed by atoms with van der Waals surface area (Å²) in [7, 11) is 1.67. The number of methoxy groups -OCH3 is 1. The molecular formula is C27H31N3O4. The number of carbonyl (C=O) groups is 2. The van der Waals surface area contributed by atoms with Crippen molar-refractivity contribution >= 4 is 11.8 Å². The van der Waals surface area contributed by atoms with Gasteiger partial charge >= 0.3 is 0 Å². The largest absolute Gasteiger partial charge is 0.497 e. The molecule has 2 heterocycles. The summed E-state index contributed by atoms with van der Waals surface area (Å²) < 4.78 is 10.4. The third-order valence-corrected chi connectivity index (χ3v) is 6.19. The van der Waals surface area contributed by atoms with Crippen LogP contribution in [0, 0.1) is 0 Å². The molecule has 34 heavy (non-hydrogen) atoms. The minimum atomic E-state index is -0.647. The van der Waals surface area contributed by atoms with Gasteiger partial charge in [0, 0.05) is 39.1 Å². The molecule has 3 aromatic rings. The van der Waals surface area contributed by atoms with E-state index in [0.29, 0.717) is 19.5 Å². The predicted octanol–water partition coefficient (Wildman–Crippen LogP) is 3.02. The van der Waals surface area contributed by atoms with E-state index in [1.165, 1.54) is 11.8 Å². The average Bonchev–Trinajstić information content (AvgIpc) is 3.43. The quantitative estimate of drug-likeness (QED) is 0.530. The SMILES string of the molecule is COc1ccc(CCN2CCN(C(=O)C(Cc3ccccc3)NC(=O)c3ccco3)CC2)cc1. The van der Waals surface area contributed by atoms with Gasteiger partial charge in [-0.15, -0.1) is 0 Å². The predicted molar refractivity (Wildman–Crippen MR) is 130 cm³/mol. The van der Waals surface area contributed by atoms with E-state index < -0.39 is 6.04 Å². The van der Waals surface area contributed by atoms with E-state index >= 15 is 0 Å². The van der Waals surface area contributed by atoms with Crippen LogP contribution in [0.1, 0.15) is 21.7 Å².